The number of carbonyl (C=O) groups is 4. The Bertz CT molecular complexity index is 1380. The number of nitrogens with zero attached hydrogens (tertiary/aromatic N) is 3. The number of carboxylic acid groups (broad SMARTS) is 1. The third-order valence-corrected chi connectivity index (χ3v) is 6.73. The van der Waals surface area contributed by atoms with Crippen LogP contribution in [0.2, 0.25) is 0 Å². The van der Waals surface area contributed by atoms with Crippen LogP contribution in [0.25, 0.3) is 10.9 Å². The summed E-state index contributed by atoms with van der Waals surface area (Å²) in [5.41, 5.74) is 1.25. The number of rotatable bonds is 5. The molecular formula is C26H25N5O6. The van der Waals surface area contributed by atoms with Crippen molar-refractivity contribution in [2.75, 3.05) is 26.2 Å². The van der Waals surface area contributed by atoms with E-state index in [4.69, 9.17) is 4.74 Å². The van der Waals surface area contributed by atoms with Crippen LogP contribution >= 0.6 is 0 Å². The molecule has 2 fully saturated rings. The summed E-state index contributed by atoms with van der Waals surface area (Å²) in [5.74, 6) is -1.03. The number of hydrogen-bond acceptors (Lipinski definition) is 7. The minimum Gasteiger partial charge on any atom is -0.489 e. The van der Waals surface area contributed by atoms with Gasteiger partial charge in [0.05, 0.1) is 5.52 Å². The smallest absolute Gasteiger partial charge is 0.407 e. The number of fused-ring (bicyclic) bond motifs is 1. The monoisotopic (exact) mass is 503 g/mol. The Hall–Kier alpha value is -4.51. The fourth-order valence-corrected chi connectivity index (χ4v) is 4.95. The van der Waals surface area contributed by atoms with E-state index in [1.54, 1.807) is 29.2 Å². The molecule has 3 N–H and O–H groups in total. The van der Waals surface area contributed by atoms with Crippen molar-refractivity contribution in [3.63, 3.8) is 0 Å². The Morgan fingerprint density at radius 1 is 1.00 bits per heavy atom. The highest BCUT2D eigenvalue weighted by Gasteiger charge is 2.56. The van der Waals surface area contributed by atoms with Crippen LogP contribution in [0, 0.1) is 6.92 Å². The van der Waals surface area contributed by atoms with Crippen LogP contribution in [0.4, 0.5) is 9.59 Å². The van der Waals surface area contributed by atoms with Gasteiger partial charge in [-0.3, -0.25) is 30.1 Å². The first kappa shape index (κ1) is 24.2. The molecule has 0 spiro atoms. The first-order valence-electron chi connectivity index (χ1n) is 11.8. The molecule has 1 aromatic heterocycles. The number of benzene rings is 2. The Balaban J connectivity index is 1.41. The van der Waals surface area contributed by atoms with E-state index in [0.717, 1.165) is 22.2 Å². The molecule has 190 valence electrons. The van der Waals surface area contributed by atoms with Gasteiger partial charge in [0.25, 0.3) is 11.8 Å². The second-order valence-corrected chi connectivity index (χ2v) is 8.96. The minimum atomic E-state index is -1.82. The van der Waals surface area contributed by atoms with E-state index in [9.17, 15) is 24.3 Å². The molecule has 3 heterocycles. The van der Waals surface area contributed by atoms with Gasteiger partial charge in [-0.25, -0.2) is 9.59 Å². The lowest BCUT2D eigenvalue weighted by atomic mass is 9.84. The van der Waals surface area contributed by atoms with Crippen molar-refractivity contribution in [2.45, 2.75) is 19.1 Å². The van der Waals surface area contributed by atoms with Crippen LogP contribution in [-0.2, 0) is 21.7 Å². The van der Waals surface area contributed by atoms with Crippen molar-refractivity contribution in [3.05, 3.63) is 71.4 Å². The van der Waals surface area contributed by atoms with Crippen molar-refractivity contribution < 1.29 is 29.0 Å². The van der Waals surface area contributed by atoms with Crippen LogP contribution in [0.15, 0.2) is 54.6 Å². The Kier molecular flexibility index (Phi) is 6.22. The van der Waals surface area contributed by atoms with Gasteiger partial charge in [0.2, 0.25) is 5.54 Å². The average molecular weight is 504 g/mol. The maximum Gasteiger partial charge on any atom is 0.407 e. The van der Waals surface area contributed by atoms with E-state index < -0.39 is 29.5 Å². The van der Waals surface area contributed by atoms with Crippen LogP contribution in [0.1, 0.15) is 16.8 Å². The number of imide groups is 2. The van der Waals surface area contributed by atoms with Crippen molar-refractivity contribution in [3.8, 4) is 5.75 Å². The number of para-hydroxylation sites is 1. The second-order valence-electron chi connectivity index (χ2n) is 8.96. The van der Waals surface area contributed by atoms with Crippen molar-refractivity contribution in [1.29, 1.82) is 0 Å². The number of urea groups is 1. The van der Waals surface area contributed by atoms with Crippen molar-refractivity contribution in [1.82, 2.24) is 25.4 Å². The van der Waals surface area contributed by atoms with Crippen LogP contribution in [0.5, 0.6) is 5.75 Å². The van der Waals surface area contributed by atoms with Gasteiger partial charge in [-0.15, -0.1) is 0 Å². The van der Waals surface area contributed by atoms with Gasteiger partial charge in [0, 0.05) is 42.8 Å². The predicted molar refractivity (Wildman–Crippen MR) is 132 cm³/mol. The second kappa shape index (κ2) is 9.51. The van der Waals surface area contributed by atoms with Crippen molar-refractivity contribution >= 4 is 34.8 Å². The molecule has 0 radical (unpaired) electrons. The largest absolute Gasteiger partial charge is 0.489 e. The molecular weight excluding hydrogens is 478 g/mol. The minimum absolute atomic E-state index is 0.117. The number of carbonyl (C=O) groups excluding carboxylic acids is 3. The van der Waals surface area contributed by atoms with E-state index in [1.165, 1.54) is 4.90 Å². The molecule has 2 aliphatic heterocycles. The fourth-order valence-electron chi connectivity index (χ4n) is 4.95. The van der Waals surface area contributed by atoms with E-state index >= 15 is 0 Å². The quantitative estimate of drug-likeness (QED) is 0.449. The Labute approximate surface area is 212 Å². The zero-order chi connectivity index (χ0) is 26.2. The molecule has 5 rings (SSSR count). The highest BCUT2D eigenvalue weighted by Crippen LogP contribution is 2.34. The molecule has 0 aliphatic carbocycles. The van der Waals surface area contributed by atoms with Gasteiger partial charge < -0.3 is 14.7 Å². The SMILES string of the molecule is Cc1cc(COc2ccc(C3(N4CCN(C(=O)O)CC4)C(=O)NC(=O)NC3=O)cc2)c2ccccc2n1. The standard InChI is InChI=1S/C26H25N5O6/c1-16-14-17(20-4-2-3-5-21(20)27-16)15-37-19-8-6-18(7-9-19)26(22(32)28-24(34)29-23(26)33)31-12-10-30(11-13-31)25(35)36/h2-9,14H,10-13,15H2,1H3,(H,35,36)(H2,28,29,32,33,34). The van der Waals surface area contributed by atoms with Gasteiger partial charge in [-0.2, -0.15) is 0 Å². The number of nitrogens with one attached hydrogen (secondary N) is 2. The number of aryl methyl sites for hydroxylation is 1. The number of pyridine rings is 1. The summed E-state index contributed by atoms with van der Waals surface area (Å²) in [6.07, 6.45) is -1.07. The van der Waals surface area contributed by atoms with E-state index in [-0.39, 0.29) is 26.2 Å². The summed E-state index contributed by atoms with van der Waals surface area (Å²) in [5, 5.41) is 14.7. The first-order chi connectivity index (χ1) is 17.8. The zero-order valence-corrected chi connectivity index (χ0v) is 20.1. The molecule has 11 heteroatoms. The molecule has 3 aromatic rings. The Morgan fingerprint density at radius 3 is 2.30 bits per heavy atom. The number of hydrogen-bond donors (Lipinski definition) is 3. The fraction of sp³-hybridized carbons (Fsp3) is 0.269. The normalized spacial score (nSPS) is 17.9. The summed E-state index contributed by atoms with van der Waals surface area (Å²) in [6, 6.07) is 15.4. The molecule has 5 amide bonds. The molecule has 0 bridgehead atoms. The van der Waals surface area contributed by atoms with Crippen LogP contribution in [0.3, 0.4) is 0 Å². The first-order valence-corrected chi connectivity index (χ1v) is 11.8. The highest BCUT2D eigenvalue weighted by molar-refractivity contribution is 6.22. The van der Waals surface area contributed by atoms with Crippen LogP contribution in [-0.4, -0.2) is 70.0 Å². The van der Waals surface area contributed by atoms with E-state index in [1.807, 2.05) is 37.3 Å². The van der Waals surface area contributed by atoms with Gasteiger partial charge in [-0.1, -0.05) is 30.3 Å². The van der Waals surface area contributed by atoms with E-state index in [0.29, 0.717) is 17.9 Å². The topological polar surface area (TPSA) is 141 Å². The number of aromatic nitrogens is 1. The zero-order valence-electron chi connectivity index (χ0n) is 20.1. The lowest BCUT2D eigenvalue weighted by Crippen LogP contribution is -2.73. The molecule has 2 saturated heterocycles. The van der Waals surface area contributed by atoms with Gasteiger partial charge in [0.1, 0.15) is 12.4 Å². The number of ether oxygens (including phenoxy) is 1. The average Bonchev–Trinajstić information content (AvgIpc) is 2.88. The number of amides is 5. The molecule has 0 saturated carbocycles. The molecule has 0 unspecified atom stereocenters. The summed E-state index contributed by atoms with van der Waals surface area (Å²) >= 11 is 0. The lowest BCUT2D eigenvalue weighted by Gasteiger charge is -2.46. The molecule has 2 aliphatic rings. The highest BCUT2D eigenvalue weighted by atomic mass is 16.5. The molecule has 37 heavy (non-hydrogen) atoms. The third-order valence-electron chi connectivity index (χ3n) is 6.73. The van der Waals surface area contributed by atoms with Gasteiger partial charge >= 0.3 is 12.1 Å². The summed E-state index contributed by atoms with van der Waals surface area (Å²) in [4.78, 5) is 56.9. The van der Waals surface area contributed by atoms with Gasteiger partial charge in [-0.05, 0) is 36.8 Å². The predicted octanol–water partition coefficient (Wildman–Crippen LogP) is 1.98. The van der Waals surface area contributed by atoms with E-state index in [2.05, 4.69) is 15.6 Å². The number of barbiturate groups is 1. The summed E-state index contributed by atoms with van der Waals surface area (Å²) in [7, 11) is 0. The maximum absolute atomic E-state index is 13.2. The molecule has 0 atom stereocenters. The third kappa shape index (κ3) is 4.33. The molecule has 11 nitrogen and oxygen atoms in total. The van der Waals surface area contributed by atoms with Crippen LogP contribution < -0.4 is 15.4 Å². The number of piperazine rings is 1. The Morgan fingerprint density at radius 2 is 1.65 bits per heavy atom. The summed E-state index contributed by atoms with van der Waals surface area (Å²) in [6.45, 7) is 2.72. The van der Waals surface area contributed by atoms with Gasteiger partial charge in [0.15, 0.2) is 0 Å². The van der Waals surface area contributed by atoms with Crippen molar-refractivity contribution in [2.24, 2.45) is 0 Å². The summed E-state index contributed by atoms with van der Waals surface area (Å²) < 4.78 is 6.02. The maximum atomic E-state index is 13.2. The lowest BCUT2D eigenvalue weighted by molar-refractivity contribution is -0.150. The molecule has 2 aromatic carbocycles.